The second kappa shape index (κ2) is 8.15. The largest absolute Gasteiger partial charge is 0.393 e. The van der Waals surface area contributed by atoms with E-state index >= 15 is 0 Å². The third-order valence-corrected chi connectivity index (χ3v) is 3.34. The molecule has 0 heterocycles. The fourth-order valence-corrected chi connectivity index (χ4v) is 2.63. The van der Waals surface area contributed by atoms with Crippen LogP contribution in [0.2, 0.25) is 0 Å². The van der Waals surface area contributed by atoms with Crippen molar-refractivity contribution in [2.45, 2.75) is 72.8 Å². The fraction of sp³-hybridized carbons (Fsp3) is 1.00. The van der Waals surface area contributed by atoms with Crippen molar-refractivity contribution in [3.05, 3.63) is 0 Å². The van der Waals surface area contributed by atoms with Gasteiger partial charge in [0, 0.05) is 0 Å². The van der Waals surface area contributed by atoms with Crippen molar-refractivity contribution in [1.29, 1.82) is 0 Å². The van der Waals surface area contributed by atoms with Crippen molar-refractivity contribution in [2.24, 2.45) is 17.8 Å². The molecule has 15 heavy (non-hydrogen) atoms. The van der Waals surface area contributed by atoms with Crippen LogP contribution in [0.4, 0.5) is 0 Å². The van der Waals surface area contributed by atoms with Crippen LogP contribution in [-0.4, -0.2) is 11.2 Å². The minimum atomic E-state index is -0.0955. The molecule has 0 amide bonds. The zero-order valence-electron chi connectivity index (χ0n) is 11.3. The van der Waals surface area contributed by atoms with Crippen LogP contribution >= 0.6 is 0 Å². The zero-order chi connectivity index (χ0) is 11.8. The molecule has 0 saturated carbocycles. The van der Waals surface area contributed by atoms with Crippen LogP contribution in [0.15, 0.2) is 0 Å². The summed E-state index contributed by atoms with van der Waals surface area (Å²) in [6.45, 7) is 11.1. The average Bonchev–Trinajstić information content (AvgIpc) is 2.11. The molecule has 0 fully saturated rings. The minimum Gasteiger partial charge on any atom is -0.393 e. The Hall–Kier alpha value is -0.0400. The van der Waals surface area contributed by atoms with Gasteiger partial charge in [0.05, 0.1) is 6.10 Å². The number of aliphatic hydroxyl groups is 1. The van der Waals surface area contributed by atoms with Gasteiger partial charge in [0.1, 0.15) is 0 Å². The third-order valence-electron chi connectivity index (χ3n) is 3.34. The molecule has 0 rings (SSSR count). The van der Waals surface area contributed by atoms with Gasteiger partial charge in [0.2, 0.25) is 0 Å². The second-order valence-corrected chi connectivity index (χ2v) is 5.48. The van der Waals surface area contributed by atoms with Gasteiger partial charge in [-0.05, 0) is 24.2 Å². The zero-order valence-corrected chi connectivity index (χ0v) is 11.3. The van der Waals surface area contributed by atoms with E-state index in [1.54, 1.807) is 0 Å². The van der Waals surface area contributed by atoms with E-state index in [1.165, 1.54) is 25.7 Å². The van der Waals surface area contributed by atoms with E-state index in [0.29, 0.717) is 17.8 Å². The molecule has 0 saturated heterocycles. The lowest BCUT2D eigenvalue weighted by Gasteiger charge is -2.30. The number of unbranched alkanes of at least 4 members (excludes halogenated alkanes) is 3. The molecule has 0 aliphatic carbocycles. The highest BCUT2D eigenvalue weighted by Crippen LogP contribution is 2.27. The molecule has 0 bridgehead atoms. The summed E-state index contributed by atoms with van der Waals surface area (Å²) in [7, 11) is 0. The summed E-state index contributed by atoms with van der Waals surface area (Å²) in [5.41, 5.74) is 0. The molecule has 1 nitrogen and oxygen atoms in total. The Morgan fingerprint density at radius 2 is 1.40 bits per heavy atom. The van der Waals surface area contributed by atoms with Gasteiger partial charge in [-0.25, -0.2) is 0 Å². The summed E-state index contributed by atoms with van der Waals surface area (Å²) in [5, 5.41) is 10.1. The lowest BCUT2D eigenvalue weighted by atomic mass is 9.79. The average molecular weight is 214 g/mol. The Balaban J connectivity index is 3.87. The van der Waals surface area contributed by atoms with Crippen LogP contribution in [0.1, 0.15) is 66.7 Å². The Morgan fingerprint density at radius 1 is 0.867 bits per heavy atom. The second-order valence-electron chi connectivity index (χ2n) is 5.48. The van der Waals surface area contributed by atoms with Crippen molar-refractivity contribution in [3.8, 4) is 0 Å². The SMILES string of the molecule is CCCCCCC(O)C(C(C)C)C(C)C. The van der Waals surface area contributed by atoms with Crippen molar-refractivity contribution < 1.29 is 5.11 Å². The molecule has 1 heteroatoms. The van der Waals surface area contributed by atoms with Crippen LogP contribution in [0, 0.1) is 17.8 Å². The summed E-state index contributed by atoms with van der Waals surface area (Å²) < 4.78 is 0. The number of hydrogen-bond donors (Lipinski definition) is 1. The Labute approximate surface area is 96.3 Å². The van der Waals surface area contributed by atoms with Gasteiger partial charge in [-0.1, -0.05) is 60.3 Å². The maximum atomic E-state index is 10.1. The van der Waals surface area contributed by atoms with Crippen molar-refractivity contribution in [1.82, 2.24) is 0 Å². The van der Waals surface area contributed by atoms with E-state index in [0.717, 1.165) is 6.42 Å². The number of rotatable bonds is 8. The lowest BCUT2D eigenvalue weighted by molar-refractivity contribution is 0.0447. The Kier molecular flexibility index (Phi) is 8.13. The lowest BCUT2D eigenvalue weighted by Crippen LogP contribution is -2.29. The first-order valence-corrected chi connectivity index (χ1v) is 6.68. The molecule has 0 aliphatic rings. The van der Waals surface area contributed by atoms with E-state index in [9.17, 15) is 5.11 Å². The number of aliphatic hydroxyl groups excluding tert-OH is 1. The summed E-state index contributed by atoms with van der Waals surface area (Å²) in [4.78, 5) is 0. The summed E-state index contributed by atoms with van der Waals surface area (Å²) in [6.07, 6.45) is 5.93. The van der Waals surface area contributed by atoms with Crippen molar-refractivity contribution >= 4 is 0 Å². The van der Waals surface area contributed by atoms with Gasteiger partial charge < -0.3 is 5.11 Å². The third kappa shape index (κ3) is 6.19. The predicted molar refractivity (Wildman–Crippen MR) is 67.9 cm³/mol. The highest BCUT2D eigenvalue weighted by molar-refractivity contribution is 4.74. The first-order valence-electron chi connectivity index (χ1n) is 6.68. The van der Waals surface area contributed by atoms with E-state index < -0.39 is 0 Å². The molecule has 0 aliphatic heterocycles. The van der Waals surface area contributed by atoms with E-state index in [2.05, 4.69) is 34.6 Å². The molecule has 1 atom stereocenters. The van der Waals surface area contributed by atoms with Gasteiger partial charge in [0.15, 0.2) is 0 Å². The Morgan fingerprint density at radius 3 is 1.80 bits per heavy atom. The molecule has 0 aromatic carbocycles. The van der Waals surface area contributed by atoms with Crippen molar-refractivity contribution in [3.63, 3.8) is 0 Å². The first kappa shape index (κ1) is 15.0. The molecular weight excluding hydrogens is 184 g/mol. The molecule has 0 aromatic rings. The van der Waals surface area contributed by atoms with E-state index in [-0.39, 0.29) is 6.10 Å². The van der Waals surface area contributed by atoms with E-state index in [4.69, 9.17) is 0 Å². The number of hydrogen-bond acceptors (Lipinski definition) is 1. The normalized spacial score (nSPS) is 14.2. The quantitative estimate of drug-likeness (QED) is 0.599. The molecule has 0 radical (unpaired) electrons. The Bertz CT molecular complexity index is 132. The highest BCUT2D eigenvalue weighted by Gasteiger charge is 2.24. The topological polar surface area (TPSA) is 20.2 Å². The van der Waals surface area contributed by atoms with Crippen LogP contribution in [0.3, 0.4) is 0 Å². The summed E-state index contributed by atoms with van der Waals surface area (Å²) in [5.74, 6) is 1.64. The monoisotopic (exact) mass is 214 g/mol. The molecule has 0 aromatic heterocycles. The van der Waals surface area contributed by atoms with E-state index in [1.807, 2.05) is 0 Å². The predicted octanol–water partition coefficient (Wildman–Crippen LogP) is 4.25. The highest BCUT2D eigenvalue weighted by atomic mass is 16.3. The van der Waals surface area contributed by atoms with Gasteiger partial charge in [-0.2, -0.15) is 0 Å². The fourth-order valence-electron chi connectivity index (χ4n) is 2.63. The summed E-state index contributed by atoms with van der Waals surface area (Å²) in [6, 6.07) is 0. The standard InChI is InChI=1S/C14H30O/c1-6-7-8-9-10-13(15)14(11(2)3)12(4)5/h11-15H,6-10H2,1-5H3. The molecular formula is C14H30O. The smallest absolute Gasteiger partial charge is 0.0573 e. The molecule has 0 spiro atoms. The maximum Gasteiger partial charge on any atom is 0.0573 e. The molecule has 1 N–H and O–H groups in total. The van der Waals surface area contributed by atoms with Crippen LogP contribution in [0.5, 0.6) is 0 Å². The van der Waals surface area contributed by atoms with Crippen molar-refractivity contribution in [2.75, 3.05) is 0 Å². The van der Waals surface area contributed by atoms with Gasteiger partial charge in [-0.3, -0.25) is 0 Å². The van der Waals surface area contributed by atoms with Crippen LogP contribution < -0.4 is 0 Å². The first-order chi connectivity index (χ1) is 7.00. The minimum absolute atomic E-state index is 0.0955. The molecule has 1 unspecified atom stereocenters. The van der Waals surface area contributed by atoms with Crippen LogP contribution in [0.25, 0.3) is 0 Å². The van der Waals surface area contributed by atoms with Gasteiger partial charge in [0.25, 0.3) is 0 Å². The van der Waals surface area contributed by atoms with Gasteiger partial charge >= 0.3 is 0 Å². The maximum absolute atomic E-state index is 10.1. The summed E-state index contributed by atoms with van der Waals surface area (Å²) >= 11 is 0. The van der Waals surface area contributed by atoms with Crippen LogP contribution in [-0.2, 0) is 0 Å². The molecule has 92 valence electrons. The van der Waals surface area contributed by atoms with Gasteiger partial charge in [-0.15, -0.1) is 0 Å².